The summed E-state index contributed by atoms with van der Waals surface area (Å²) in [6.45, 7) is 2.65. The number of nitrogens with zero attached hydrogens (tertiary/aromatic N) is 4. The fraction of sp³-hybridized carbons (Fsp3) is 0.375. The van der Waals surface area contributed by atoms with Crippen molar-refractivity contribution in [3.05, 3.63) is 41.6 Å². The van der Waals surface area contributed by atoms with Gasteiger partial charge in [0.1, 0.15) is 6.54 Å². The van der Waals surface area contributed by atoms with Crippen molar-refractivity contribution in [3.8, 4) is 0 Å². The lowest BCUT2D eigenvalue weighted by atomic mass is 10.1. The Balaban J connectivity index is 1.75. The van der Waals surface area contributed by atoms with Crippen LogP contribution in [0.3, 0.4) is 0 Å². The third-order valence-corrected chi connectivity index (χ3v) is 3.34. The minimum Gasteiger partial charge on any atom is -0.354 e. The standard InChI is InChI=1S/C16H22N6O2/c1-12-4-6-13(7-5-12)8-9-17-15(23)11-22-10-14(19-20-22)18-16(24)21(2)3/h4-7,10H,8-9,11H2,1-3H3,(H,17,23)(H,18,24). The van der Waals surface area contributed by atoms with E-state index in [2.05, 4.69) is 45.2 Å². The largest absolute Gasteiger partial charge is 0.354 e. The van der Waals surface area contributed by atoms with E-state index in [9.17, 15) is 9.59 Å². The summed E-state index contributed by atoms with van der Waals surface area (Å²) < 4.78 is 1.38. The van der Waals surface area contributed by atoms with Crippen LogP contribution in [-0.2, 0) is 17.8 Å². The molecule has 0 radical (unpaired) electrons. The Labute approximate surface area is 140 Å². The third-order valence-electron chi connectivity index (χ3n) is 3.34. The van der Waals surface area contributed by atoms with E-state index >= 15 is 0 Å². The van der Waals surface area contributed by atoms with Crippen LogP contribution in [0.2, 0.25) is 0 Å². The van der Waals surface area contributed by atoms with Crippen LogP contribution in [-0.4, -0.2) is 52.5 Å². The van der Waals surface area contributed by atoms with E-state index in [4.69, 9.17) is 0 Å². The molecule has 2 aromatic rings. The molecule has 0 saturated carbocycles. The number of hydrogen-bond acceptors (Lipinski definition) is 4. The summed E-state index contributed by atoms with van der Waals surface area (Å²) in [5.74, 6) is 0.152. The normalized spacial score (nSPS) is 10.3. The zero-order valence-corrected chi connectivity index (χ0v) is 14.1. The highest BCUT2D eigenvalue weighted by Gasteiger charge is 2.09. The summed E-state index contributed by atoms with van der Waals surface area (Å²) in [5, 5.41) is 13.0. The van der Waals surface area contributed by atoms with Gasteiger partial charge in [-0.05, 0) is 18.9 Å². The van der Waals surface area contributed by atoms with Gasteiger partial charge in [-0.2, -0.15) is 0 Å². The maximum absolute atomic E-state index is 11.9. The summed E-state index contributed by atoms with van der Waals surface area (Å²) in [7, 11) is 3.25. The molecule has 0 aliphatic rings. The van der Waals surface area contributed by atoms with E-state index in [1.54, 1.807) is 14.1 Å². The fourth-order valence-corrected chi connectivity index (χ4v) is 1.96. The Morgan fingerprint density at radius 3 is 2.58 bits per heavy atom. The molecule has 2 N–H and O–H groups in total. The second-order valence-electron chi connectivity index (χ2n) is 5.71. The molecule has 0 atom stereocenters. The minimum atomic E-state index is -0.301. The average Bonchev–Trinajstić information content (AvgIpc) is 2.96. The lowest BCUT2D eigenvalue weighted by molar-refractivity contribution is -0.121. The Bertz CT molecular complexity index is 693. The molecule has 0 fully saturated rings. The predicted octanol–water partition coefficient (Wildman–Crippen LogP) is 1.04. The third kappa shape index (κ3) is 5.38. The molecular formula is C16H22N6O2. The SMILES string of the molecule is Cc1ccc(CCNC(=O)Cn2cc(NC(=O)N(C)C)nn2)cc1. The minimum absolute atomic E-state index is 0.0543. The second kappa shape index (κ2) is 8.09. The Morgan fingerprint density at radius 2 is 1.92 bits per heavy atom. The molecule has 128 valence electrons. The number of benzene rings is 1. The molecule has 0 aliphatic carbocycles. The van der Waals surface area contributed by atoms with Crippen molar-refractivity contribution in [1.29, 1.82) is 0 Å². The van der Waals surface area contributed by atoms with Crippen molar-refractivity contribution in [2.45, 2.75) is 19.9 Å². The van der Waals surface area contributed by atoms with Gasteiger partial charge in [0.15, 0.2) is 5.82 Å². The van der Waals surface area contributed by atoms with Gasteiger partial charge in [0, 0.05) is 20.6 Å². The van der Waals surface area contributed by atoms with Gasteiger partial charge >= 0.3 is 6.03 Å². The van der Waals surface area contributed by atoms with Gasteiger partial charge in [0.2, 0.25) is 5.91 Å². The van der Waals surface area contributed by atoms with E-state index in [0.717, 1.165) is 6.42 Å². The van der Waals surface area contributed by atoms with Crippen molar-refractivity contribution in [1.82, 2.24) is 25.2 Å². The second-order valence-corrected chi connectivity index (χ2v) is 5.71. The fourth-order valence-electron chi connectivity index (χ4n) is 1.96. The first kappa shape index (κ1) is 17.5. The van der Waals surface area contributed by atoms with E-state index in [1.807, 2.05) is 6.92 Å². The molecule has 0 saturated heterocycles. The molecule has 1 aromatic heterocycles. The summed E-state index contributed by atoms with van der Waals surface area (Å²) in [5.41, 5.74) is 2.39. The molecule has 1 aromatic carbocycles. The van der Waals surface area contributed by atoms with Gasteiger partial charge in [-0.15, -0.1) is 5.10 Å². The van der Waals surface area contributed by atoms with E-state index in [0.29, 0.717) is 12.4 Å². The van der Waals surface area contributed by atoms with Crippen molar-refractivity contribution in [2.24, 2.45) is 0 Å². The number of carbonyl (C=O) groups is 2. The van der Waals surface area contributed by atoms with Gasteiger partial charge in [-0.1, -0.05) is 35.0 Å². The number of rotatable bonds is 6. The summed E-state index contributed by atoms with van der Waals surface area (Å²) in [6.07, 6.45) is 2.29. The lowest BCUT2D eigenvalue weighted by Gasteiger charge is -2.09. The van der Waals surface area contributed by atoms with Crippen LogP contribution in [0.25, 0.3) is 0 Å². The first-order valence-corrected chi connectivity index (χ1v) is 7.65. The van der Waals surface area contributed by atoms with Crippen LogP contribution in [0.4, 0.5) is 10.6 Å². The highest BCUT2D eigenvalue weighted by Crippen LogP contribution is 2.03. The maximum atomic E-state index is 11.9. The Kier molecular flexibility index (Phi) is 5.89. The predicted molar refractivity (Wildman–Crippen MR) is 90.6 cm³/mol. The number of anilines is 1. The highest BCUT2D eigenvalue weighted by molar-refractivity contribution is 5.87. The van der Waals surface area contributed by atoms with Gasteiger partial charge in [-0.25, -0.2) is 9.48 Å². The number of aromatic nitrogens is 3. The van der Waals surface area contributed by atoms with E-state index in [-0.39, 0.29) is 18.5 Å². The molecule has 1 heterocycles. The van der Waals surface area contributed by atoms with E-state index < -0.39 is 0 Å². The zero-order chi connectivity index (χ0) is 17.5. The topological polar surface area (TPSA) is 92.2 Å². The molecule has 2 rings (SSSR count). The number of carbonyl (C=O) groups excluding carboxylic acids is 2. The van der Waals surface area contributed by atoms with Crippen LogP contribution in [0.1, 0.15) is 11.1 Å². The highest BCUT2D eigenvalue weighted by atomic mass is 16.2. The maximum Gasteiger partial charge on any atom is 0.322 e. The van der Waals surface area contributed by atoms with Crippen LogP contribution in [0.5, 0.6) is 0 Å². The molecule has 24 heavy (non-hydrogen) atoms. The smallest absolute Gasteiger partial charge is 0.322 e. The quantitative estimate of drug-likeness (QED) is 0.828. The number of urea groups is 1. The van der Waals surface area contributed by atoms with Gasteiger partial charge in [0.05, 0.1) is 6.20 Å². The van der Waals surface area contributed by atoms with Crippen molar-refractivity contribution < 1.29 is 9.59 Å². The van der Waals surface area contributed by atoms with Crippen LogP contribution < -0.4 is 10.6 Å². The molecule has 0 bridgehead atoms. The van der Waals surface area contributed by atoms with Gasteiger partial charge < -0.3 is 10.2 Å². The monoisotopic (exact) mass is 330 g/mol. The molecule has 8 heteroatoms. The zero-order valence-electron chi connectivity index (χ0n) is 14.1. The van der Waals surface area contributed by atoms with Gasteiger partial charge in [0.25, 0.3) is 0 Å². The summed E-state index contributed by atoms with van der Waals surface area (Å²) in [4.78, 5) is 24.8. The molecule has 0 unspecified atom stereocenters. The molecule has 0 spiro atoms. The van der Waals surface area contributed by atoms with Crippen LogP contribution in [0.15, 0.2) is 30.5 Å². The average molecular weight is 330 g/mol. The van der Waals surface area contributed by atoms with Crippen molar-refractivity contribution >= 4 is 17.8 Å². The van der Waals surface area contributed by atoms with Crippen molar-refractivity contribution in [3.63, 3.8) is 0 Å². The number of amides is 3. The molecule has 3 amide bonds. The summed E-state index contributed by atoms with van der Waals surface area (Å²) >= 11 is 0. The molecule has 0 aliphatic heterocycles. The number of aryl methyl sites for hydroxylation is 1. The van der Waals surface area contributed by atoms with Crippen LogP contribution >= 0.6 is 0 Å². The lowest BCUT2D eigenvalue weighted by Crippen LogP contribution is -2.29. The number of hydrogen-bond donors (Lipinski definition) is 2. The Hall–Kier alpha value is -2.90. The van der Waals surface area contributed by atoms with Gasteiger partial charge in [-0.3, -0.25) is 10.1 Å². The number of nitrogens with one attached hydrogen (secondary N) is 2. The van der Waals surface area contributed by atoms with Crippen LogP contribution in [0, 0.1) is 6.92 Å². The van der Waals surface area contributed by atoms with E-state index in [1.165, 1.54) is 26.9 Å². The summed E-state index contributed by atoms with van der Waals surface area (Å²) in [6, 6.07) is 7.91. The first-order valence-electron chi connectivity index (χ1n) is 7.65. The first-order chi connectivity index (χ1) is 11.4. The van der Waals surface area contributed by atoms with Crippen molar-refractivity contribution in [2.75, 3.05) is 26.0 Å². The molecular weight excluding hydrogens is 308 g/mol. The Morgan fingerprint density at radius 1 is 1.21 bits per heavy atom. The molecule has 8 nitrogen and oxygen atoms in total.